The van der Waals surface area contributed by atoms with Crippen LogP contribution in [0.15, 0.2) is 42.6 Å². The lowest BCUT2D eigenvalue weighted by Crippen LogP contribution is -2.21. The van der Waals surface area contributed by atoms with Gasteiger partial charge in [-0.2, -0.15) is 0 Å². The fraction of sp³-hybridized carbons (Fsp3) is 0.312. The lowest BCUT2D eigenvalue weighted by molar-refractivity contribution is 0.589. The van der Waals surface area contributed by atoms with Gasteiger partial charge in [0.2, 0.25) is 0 Å². The van der Waals surface area contributed by atoms with Crippen LogP contribution in [0.2, 0.25) is 0 Å². The molecule has 1 heterocycles. The largest absolute Gasteiger partial charge is 0.373 e. The van der Waals surface area contributed by atoms with Crippen LogP contribution in [0.25, 0.3) is 11.1 Å². The molecule has 0 fully saturated rings. The molecule has 0 atom stereocenters. The smallest absolute Gasteiger partial charge is 0.126 e. The van der Waals surface area contributed by atoms with Crippen molar-refractivity contribution in [3.63, 3.8) is 0 Å². The van der Waals surface area contributed by atoms with Gasteiger partial charge in [-0.1, -0.05) is 32.0 Å². The van der Waals surface area contributed by atoms with Gasteiger partial charge in [0.05, 0.1) is 0 Å². The van der Waals surface area contributed by atoms with Gasteiger partial charge in [0, 0.05) is 25.8 Å². The third-order valence-corrected chi connectivity index (χ3v) is 2.99. The Labute approximate surface area is 115 Å². The molecule has 0 saturated heterocycles. The fourth-order valence-corrected chi connectivity index (χ4v) is 1.93. The quantitative estimate of drug-likeness (QED) is 0.861. The standard InChI is InChI=1S/C16H21N3/c1-12(2)19-11-13-5-4-6-14(9-13)15-7-8-18-16(10-15)17-3/h4-10,12,19H,11H2,1-3H3,(H,17,18). The molecule has 0 aliphatic heterocycles. The Bertz CT molecular complexity index is 535. The van der Waals surface area contributed by atoms with Crippen molar-refractivity contribution in [2.24, 2.45) is 0 Å². The molecule has 0 saturated carbocycles. The number of anilines is 1. The second-order valence-corrected chi connectivity index (χ2v) is 4.92. The van der Waals surface area contributed by atoms with E-state index in [9.17, 15) is 0 Å². The number of nitrogens with one attached hydrogen (secondary N) is 2. The molecular weight excluding hydrogens is 234 g/mol. The number of pyridine rings is 1. The zero-order chi connectivity index (χ0) is 13.7. The summed E-state index contributed by atoms with van der Waals surface area (Å²) in [5.41, 5.74) is 3.71. The molecular formula is C16H21N3. The Hall–Kier alpha value is -1.87. The van der Waals surface area contributed by atoms with Crippen LogP contribution < -0.4 is 10.6 Å². The lowest BCUT2D eigenvalue weighted by Gasteiger charge is -2.10. The van der Waals surface area contributed by atoms with Gasteiger partial charge < -0.3 is 10.6 Å². The van der Waals surface area contributed by atoms with E-state index < -0.39 is 0 Å². The number of rotatable bonds is 5. The van der Waals surface area contributed by atoms with E-state index in [1.807, 2.05) is 19.3 Å². The minimum Gasteiger partial charge on any atom is -0.373 e. The van der Waals surface area contributed by atoms with E-state index in [0.29, 0.717) is 6.04 Å². The Kier molecular flexibility index (Phi) is 4.53. The number of hydrogen-bond donors (Lipinski definition) is 2. The van der Waals surface area contributed by atoms with Crippen LogP contribution in [-0.2, 0) is 6.54 Å². The van der Waals surface area contributed by atoms with Crippen LogP contribution in [0.4, 0.5) is 5.82 Å². The molecule has 1 aromatic heterocycles. The van der Waals surface area contributed by atoms with E-state index in [0.717, 1.165) is 12.4 Å². The molecule has 1 aromatic carbocycles. The minimum atomic E-state index is 0.500. The van der Waals surface area contributed by atoms with Crippen LogP contribution in [0.3, 0.4) is 0 Å². The van der Waals surface area contributed by atoms with Gasteiger partial charge in [-0.15, -0.1) is 0 Å². The van der Waals surface area contributed by atoms with Gasteiger partial charge in [-0.05, 0) is 34.9 Å². The van der Waals surface area contributed by atoms with Crippen LogP contribution in [0, 0.1) is 0 Å². The molecule has 19 heavy (non-hydrogen) atoms. The summed E-state index contributed by atoms with van der Waals surface area (Å²) >= 11 is 0. The zero-order valence-electron chi connectivity index (χ0n) is 11.8. The van der Waals surface area contributed by atoms with Crippen molar-refractivity contribution in [2.75, 3.05) is 12.4 Å². The second-order valence-electron chi connectivity index (χ2n) is 4.92. The van der Waals surface area contributed by atoms with Crippen LogP contribution >= 0.6 is 0 Å². The predicted octanol–water partition coefficient (Wildman–Crippen LogP) is 3.29. The SMILES string of the molecule is CNc1cc(-c2cccc(CNC(C)C)c2)ccn1. The molecule has 0 unspecified atom stereocenters. The molecule has 0 bridgehead atoms. The first-order chi connectivity index (χ1) is 9.19. The average molecular weight is 255 g/mol. The third kappa shape index (κ3) is 3.80. The number of aromatic nitrogens is 1. The maximum Gasteiger partial charge on any atom is 0.126 e. The van der Waals surface area contributed by atoms with Crippen molar-refractivity contribution >= 4 is 5.82 Å². The highest BCUT2D eigenvalue weighted by Gasteiger charge is 2.01. The fourth-order valence-electron chi connectivity index (χ4n) is 1.93. The van der Waals surface area contributed by atoms with Gasteiger partial charge in [0.1, 0.15) is 5.82 Å². The molecule has 0 spiro atoms. The molecule has 0 radical (unpaired) electrons. The number of nitrogens with zero attached hydrogens (tertiary/aromatic N) is 1. The Morgan fingerprint density at radius 1 is 1.11 bits per heavy atom. The minimum absolute atomic E-state index is 0.500. The number of hydrogen-bond acceptors (Lipinski definition) is 3. The first kappa shape index (κ1) is 13.6. The van der Waals surface area contributed by atoms with Gasteiger partial charge >= 0.3 is 0 Å². The first-order valence-electron chi connectivity index (χ1n) is 6.65. The van der Waals surface area contributed by atoms with E-state index in [1.165, 1.54) is 16.7 Å². The van der Waals surface area contributed by atoms with Gasteiger partial charge in [-0.3, -0.25) is 0 Å². The Morgan fingerprint density at radius 3 is 2.63 bits per heavy atom. The summed E-state index contributed by atoms with van der Waals surface area (Å²) in [4.78, 5) is 4.24. The van der Waals surface area contributed by atoms with Crippen molar-refractivity contribution in [1.82, 2.24) is 10.3 Å². The number of benzene rings is 1. The van der Waals surface area contributed by atoms with E-state index >= 15 is 0 Å². The van der Waals surface area contributed by atoms with Crippen LogP contribution in [0.1, 0.15) is 19.4 Å². The normalized spacial score (nSPS) is 10.7. The van der Waals surface area contributed by atoms with Crippen LogP contribution in [-0.4, -0.2) is 18.1 Å². The van der Waals surface area contributed by atoms with Gasteiger partial charge in [-0.25, -0.2) is 4.98 Å². The Balaban J connectivity index is 2.22. The molecule has 2 N–H and O–H groups in total. The molecule has 0 aliphatic rings. The summed E-state index contributed by atoms with van der Waals surface area (Å²) in [5.74, 6) is 0.892. The molecule has 100 valence electrons. The van der Waals surface area contributed by atoms with Gasteiger partial charge in [0.25, 0.3) is 0 Å². The Morgan fingerprint density at radius 2 is 1.89 bits per heavy atom. The molecule has 3 nitrogen and oxygen atoms in total. The summed E-state index contributed by atoms with van der Waals surface area (Å²) in [6, 6.07) is 13.2. The van der Waals surface area contributed by atoms with Crippen LogP contribution in [0.5, 0.6) is 0 Å². The highest BCUT2D eigenvalue weighted by molar-refractivity contribution is 5.66. The van der Waals surface area contributed by atoms with Crippen molar-refractivity contribution in [2.45, 2.75) is 26.4 Å². The molecule has 3 heteroatoms. The third-order valence-electron chi connectivity index (χ3n) is 2.99. The molecule has 2 rings (SSSR count). The molecule has 0 aliphatic carbocycles. The van der Waals surface area contributed by atoms with Gasteiger partial charge in [0.15, 0.2) is 0 Å². The van der Waals surface area contributed by atoms with E-state index in [1.54, 1.807) is 0 Å². The first-order valence-corrected chi connectivity index (χ1v) is 6.65. The highest BCUT2D eigenvalue weighted by Crippen LogP contribution is 2.22. The molecule has 2 aromatic rings. The van der Waals surface area contributed by atoms with E-state index in [2.05, 4.69) is 59.8 Å². The monoisotopic (exact) mass is 255 g/mol. The maximum atomic E-state index is 4.24. The van der Waals surface area contributed by atoms with E-state index in [-0.39, 0.29) is 0 Å². The second kappa shape index (κ2) is 6.34. The van der Waals surface area contributed by atoms with E-state index in [4.69, 9.17) is 0 Å². The van der Waals surface area contributed by atoms with Crippen molar-refractivity contribution < 1.29 is 0 Å². The highest BCUT2D eigenvalue weighted by atomic mass is 14.9. The average Bonchev–Trinajstić information content (AvgIpc) is 2.45. The maximum absolute atomic E-state index is 4.24. The summed E-state index contributed by atoms with van der Waals surface area (Å²) in [6.07, 6.45) is 1.83. The summed E-state index contributed by atoms with van der Waals surface area (Å²) in [7, 11) is 1.88. The predicted molar refractivity (Wildman–Crippen MR) is 81.2 cm³/mol. The van der Waals surface area contributed by atoms with Crippen molar-refractivity contribution in [3.05, 3.63) is 48.2 Å². The lowest BCUT2D eigenvalue weighted by atomic mass is 10.0. The summed E-state index contributed by atoms with van der Waals surface area (Å²) in [6.45, 7) is 5.22. The summed E-state index contributed by atoms with van der Waals surface area (Å²) < 4.78 is 0. The van der Waals surface area contributed by atoms with Crippen molar-refractivity contribution in [3.8, 4) is 11.1 Å². The van der Waals surface area contributed by atoms with Crippen molar-refractivity contribution in [1.29, 1.82) is 0 Å². The molecule has 0 amide bonds. The zero-order valence-corrected chi connectivity index (χ0v) is 11.8. The topological polar surface area (TPSA) is 37.0 Å². The summed E-state index contributed by atoms with van der Waals surface area (Å²) in [5, 5.41) is 6.51.